The minimum atomic E-state index is -0.0707. The van der Waals surface area contributed by atoms with E-state index < -0.39 is 0 Å². The molecular formula is C19H28O. The van der Waals surface area contributed by atoms with Gasteiger partial charge in [-0.3, -0.25) is 0 Å². The van der Waals surface area contributed by atoms with Gasteiger partial charge in [0.15, 0.2) is 0 Å². The molecule has 0 unspecified atom stereocenters. The van der Waals surface area contributed by atoms with Crippen molar-refractivity contribution < 1.29 is 5.11 Å². The molecule has 0 amide bonds. The Balaban J connectivity index is 1.69. The van der Waals surface area contributed by atoms with Crippen LogP contribution in [-0.2, 0) is 0 Å². The van der Waals surface area contributed by atoms with Gasteiger partial charge < -0.3 is 5.11 Å². The van der Waals surface area contributed by atoms with Crippen LogP contribution >= 0.6 is 0 Å². The van der Waals surface area contributed by atoms with Crippen molar-refractivity contribution in [3.63, 3.8) is 0 Å². The van der Waals surface area contributed by atoms with Gasteiger partial charge in [0.05, 0.1) is 6.10 Å². The lowest BCUT2D eigenvalue weighted by atomic mass is 9.51. The second-order valence-corrected chi connectivity index (χ2v) is 8.04. The SMILES string of the molecule is CC1=C2CC[C@@H]3[C@@H](CC=C4C[C@@H](O)CC[C@@]43C)[C@H]2CC1. The van der Waals surface area contributed by atoms with Crippen LogP contribution in [0.25, 0.3) is 0 Å². The van der Waals surface area contributed by atoms with Gasteiger partial charge in [0.1, 0.15) is 0 Å². The molecule has 0 aliphatic heterocycles. The first kappa shape index (κ1) is 13.1. The van der Waals surface area contributed by atoms with E-state index in [4.69, 9.17) is 0 Å². The van der Waals surface area contributed by atoms with Crippen LogP contribution in [0.2, 0.25) is 0 Å². The minimum Gasteiger partial charge on any atom is -0.393 e. The Morgan fingerprint density at radius 3 is 2.90 bits per heavy atom. The van der Waals surface area contributed by atoms with Gasteiger partial charge in [-0.15, -0.1) is 0 Å². The Labute approximate surface area is 123 Å². The summed E-state index contributed by atoms with van der Waals surface area (Å²) in [6, 6.07) is 0. The first-order valence-corrected chi connectivity index (χ1v) is 8.65. The van der Waals surface area contributed by atoms with Crippen LogP contribution in [0.15, 0.2) is 22.8 Å². The molecule has 0 aromatic rings. The molecule has 4 rings (SSSR count). The van der Waals surface area contributed by atoms with E-state index in [0.29, 0.717) is 5.41 Å². The number of rotatable bonds is 0. The summed E-state index contributed by atoms with van der Waals surface area (Å²) >= 11 is 0. The smallest absolute Gasteiger partial charge is 0.0577 e. The maximum Gasteiger partial charge on any atom is 0.0577 e. The summed E-state index contributed by atoms with van der Waals surface area (Å²) in [6.07, 6.45) is 12.5. The van der Waals surface area contributed by atoms with Gasteiger partial charge in [-0.25, -0.2) is 0 Å². The third-order valence-corrected chi connectivity index (χ3v) is 7.23. The summed E-state index contributed by atoms with van der Waals surface area (Å²) in [5.41, 5.74) is 5.55. The molecule has 1 N–H and O–H groups in total. The highest BCUT2D eigenvalue weighted by molar-refractivity contribution is 5.30. The van der Waals surface area contributed by atoms with Crippen LogP contribution in [0, 0.1) is 23.2 Å². The highest BCUT2D eigenvalue weighted by Crippen LogP contribution is 2.60. The maximum absolute atomic E-state index is 10.00. The second-order valence-electron chi connectivity index (χ2n) is 8.04. The lowest BCUT2D eigenvalue weighted by Crippen LogP contribution is -2.46. The minimum absolute atomic E-state index is 0.0707. The van der Waals surface area contributed by atoms with Crippen molar-refractivity contribution in [2.75, 3.05) is 0 Å². The lowest BCUT2D eigenvalue weighted by molar-refractivity contribution is 0.0240. The van der Waals surface area contributed by atoms with Gasteiger partial charge in [-0.1, -0.05) is 29.7 Å². The second kappa shape index (κ2) is 4.47. The third kappa shape index (κ3) is 1.71. The Kier molecular flexibility index (Phi) is 2.93. The largest absolute Gasteiger partial charge is 0.393 e. The molecule has 1 heteroatoms. The average molecular weight is 272 g/mol. The van der Waals surface area contributed by atoms with E-state index in [1.165, 1.54) is 38.5 Å². The molecule has 4 aliphatic carbocycles. The maximum atomic E-state index is 10.00. The van der Waals surface area contributed by atoms with Crippen LogP contribution in [0.3, 0.4) is 0 Å². The molecule has 0 saturated heterocycles. The lowest BCUT2D eigenvalue weighted by Gasteiger charge is -2.54. The predicted octanol–water partition coefficient (Wildman–Crippen LogP) is 4.62. The van der Waals surface area contributed by atoms with E-state index in [9.17, 15) is 5.11 Å². The molecule has 0 heterocycles. The number of hydrogen-bond acceptors (Lipinski definition) is 1. The topological polar surface area (TPSA) is 20.2 Å². The van der Waals surface area contributed by atoms with Gasteiger partial charge in [-0.2, -0.15) is 0 Å². The van der Waals surface area contributed by atoms with E-state index in [-0.39, 0.29) is 6.10 Å². The van der Waals surface area contributed by atoms with Gasteiger partial charge in [0, 0.05) is 0 Å². The van der Waals surface area contributed by atoms with Gasteiger partial charge in [0.2, 0.25) is 0 Å². The van der Waals surface area contributed by atoms with Crippen molar-refractivity contribution in [3.05, 3.63) is 22.8 Å². The van der Waals surface area contributed by atoms with E-state index in [1.54, 1.807) is 11.1 Å². The standard InChI is InChI=1S/C19H28O/c1-12-3-5-16-15(12)7-8-18-17(16)6-4-13-11-14(20)9-10-19(13,18)2/h4,14,16-18,20H,3,5-11H2,1-2H3/t14-,16-,17-,18+,19-/m0/s1. The Morgan fingerprint density at radius 1 is 1.20 bits per heavy atom. The van der Waals surface area contributed by atoms with Crippen molar-refractivity contribution in [3.8, 4) is 0 Å². The van der Waals surface area contributed by atoms with Crippen LogP contribution in [0.4, 0.5) is 0 Å². The van der Waals surface area contributed by atoms with Gasteiger partial charge in [0.25, 0.3) is 0 Å². The summed E-state index contributed by atoms with van der Waals surface area (Å²) in [7, 11) is 0. The van der Waals surface area contributed by atoms with Crippen LogP contribution in [0.1, 0.15) is 65.2 Å². The third-order valence-electron chi connectivity index (χ3n) is 7.23. The number of hydrogen-bond donors (Lipinski definition) is 1. The molecule has 0 aromatic heterocycles. The summed E-state index contributed by atoms with van der Waals surface area (Å²) in [6.45, 7) is 4.89. The molecule has 110 valence electrons. The number of fused-ring (bicyclic) bond motifs is 5. The average Bonchev–Trinajstić information content (AvgIpc) is 2.82. The Hall–Kier alpha value is -0.560. The van der Waals surface area contributed by atoms with E-state index in [0.717, 1.165) is 30.6 Å². The van der Waals surface area contributed by atoms with Crippen LogP contribution < -0.4 is 0 Å². The predicted molar refractivity (Wildman–Crippen MR) is 82.3 cm³/mol. The van der Waals surface area contributed by atoms with E-state index in [2.05, 4.69) is 19.9 Å². The van der Waals surface area contributed by atoms with E-state index >= 15 is 0 Å². The fourth-order valence-electron chi connectivity index (χ4n) is 6.05. The first-order valence-electron chi connectivity index (χ1n) is 8.65. The number of aliphatic hydroxyl groups excluding tert-OH is 1. The van der Waals surface area contributed by atoms with Crippen LogP contribution in [-0.4, -0.2) is 11.2 Å². The molecule has 0 aromatic carbocycles. The Bertz CT molecular complexity index is 486. The summed E-state index contributed by atoms with van der Waals surface area (Å²) in [4.78, 5) is 0. The molecule has 2 fully saturated rings. The van der Waals surface area contributed by atoms with Crippen molar-refractivity contribution in [1.82, 2.24) is 0 Å². The fraction of sp³-hybridized carbons (Fsp3) is 0.789. The molecule has 4 aliphatic rings. The highest BCUT2D eigenvalue weighted by atomic mass is 16.3. The first-order chi connectivity index (χ1) is 9.59. The number of allylic oxidation sites excluding steroid dienone is 3. The zero-order chi connectivity index (χ0) is 13.9. The van der Waals surface area contributed by atoms with Crippen molar-refractivity contribution in [2.24, 2.45) is 23.2 Å². The summed E-state index contributed by atoms with van der Waals surface area (Å²) in [5.74, 6) is 2.69. The molecule has 0 bridgehead atoms. The fourth-order valence-corrected chi connectivity index (χ4v) is 6.05. The van der Waals surface area contributed by atoms with E-state index in [1.807, 2.05) is 5.57 Å². The van der Waals surface area contributed by atoms with Gasteiger partial charge >= 0.3 is 0 Å². The van der Waals surface area contributed by atoms with Crippen molar-refractivity contribution in [2.45, 2.75) is 71.3 Å². The Morgan fingerprint density at radius 2 is 2.05 bits per heavy atom. The quantitative estimate of drug-likeness (QED) is 0.638. The summed E-state index contributed by atoms with van der Waals surface area (Å²) < 4.78 is 0. The molecule has 1 nitrogen and oxygen atoms in total. The van der Waals surface area contributed by atoms with Gasteiger partial charge in [-0.05, 0) is 81.5 Å². The molecular weight excluding hydrogens is 244 g/mol. The zero-order valence-electron chi connectivity index (χ0n) is 13.0. The summed E-state index contributed by atoms with van der Waals surface area (Å²) in [5, 5.41) is 10.00. The van der Waals surface area contributed by atoms with Crippen molar-refractivity contribution in [1.29, 1.82) is 0 Å². The number of aliphatic hydroxyl groups is 1. The normalized spacial score (nSPS) is 47.5. The highest BCUT2D eigenvalue weighted by Gasteiger charge is 2.51. The van der Waals surface area contributed by atoms with Crippen LogP contribution in [0.5, 0.6) is 0 Å². The molecule has 0 spiro atoms. The molecule has 5 atom stereocenters. The molecule has 20 heavy (non-hydrogen) atoms. The molecule has 2 saturated carbocycles. The molecule has 0 radical (unpaired) electrons. The zero-order valence-corrected chi connectivity index (χ0v) is 13.0. The monoisotopic (exact) mass is 272 g/mol. The van der Waals surface area contributed by atoms with Crippen molar-refractivity contribution >= 4 is 0 Å².